The van der Waals surface area contributed by atoms with Gasteiger partial charge >= 0.3 is 0 Å². The molecule has 0 bridgehead atoms. The molecule has 1 atom stereocenters. The highest BCUT2D eigenvalue weighted by Crippen LogP contribution is 2.23. The number of imide groups is 1. The maximum Gasteiger partial charge on any atom is 0.285 e. The van der Waals surface area contributed by atoms with Crippen LogP contribution in [0.5, 0.6) is 0 Å². The number of rotatable bonds is 7. The average Bonchev–Trinajstić information content (AvgIpc) is 3.05. The van der Waals surface area contributed by atoms with Crippen LogP contribution < -0.4 is 5.32 Å². The van der Waals surface area contributed by atoms with Gasteiger partial charge in [0.1, 0.15) is 0 Å². The molecular weight excluding hydrogens is 479 g/mol. The first kappa shape index (κ1) is 23.8. The molecule has 0 radical (unpaired) electrons. The lowest BCUT2D eigenvalue weighted by Crippen LogP contribution is -2.43. The lowest BCUT2D eigenvalue weighted by Gasteiger charge is -2.22. The van der Waals surface area contributed by atoms with Crippen molar-refractivity contribution in [1.82, 2.24) is 20.6 Å². The Morgan fingerprint density at radius 1 is 1.03 bits per heavy atom. The van der Waals surface area contributed by atoms with E-state index in [1.165, 1.54) is 6.07 Å². The van der Waals surface area contributed by atoms with Crippen molar-refractivity contribution in [2.45, 2.75) is 26.3 Å². The maximum absolute atomic E-state index is 12.9. The Morgan fingerprint density at radius 2 is 1.71 bits per heavy atom. The lowest BCUT2D eigenvalue weighted by atomic mass is 9.99. The van der Waals surface area contributed by atoms with Crippen molar-refractivity contribution in [1.29, 1.82) is 0 Å². The molecule has 3 amide bonds. The minimum atomic E-state index is -0.610. The van der Waals surface area contributed by atoms with Crippen molar-refractivity contribution >= 4 is 40.9 Å². The first-order valence-corrected chi connectivity index (χ1v) is 11.2. The lowest BCUT2D eigenvalue weighted by molar-refractivity contribution is -0.0968. The molecule has 3 aromatic rings. The first-order valence-electron chi connectivity index (χ1n) is 10.4. The summed E-state index contributed by atoms with van der Waals surface area (Å²) < 4.78 is 0. The largest absolute Gasteiger partial charge is 0.346 e. The second-order valence-electron chi connectivity index (χ2n) is 7.92. The average molecular weight is 499 g/mol. The van der Waals surface area contributed by atoms with E-state index in [9.17, 15) is 14.4 Å². The minimum absolute atomic E-state index is 0.0164. The van der Waals surface area contributed by atoms with Gasteiger partial charge in [0, 0.05) is 0 Å². The number of hydrogen-bond acceptors (Lipinski definition) is 6. The standard InChI is InChI=1S/C24H20Cl2N4O4/c1-13-7-8-15(14(2)9-13)10-16(27-22(31)19-11-20(25)28-29-21(19)26)12-34-30-23(32)17-5-3-4-6-18(17)24(30)33/h3-9,11,16H,10,12H2,1-2H3,(H,27,31)/t16-/m1/s1. The van der Waals surface area contributed by atoms with Crippen molar-refractivity contribution < 1.29 is 19.2 Å². The van der Waals surface area contributed by atoms with Crippen LogP contribution in [0.2, 0.25) is 10.3 Å². The van der Waals surface area contributed by atoms with Gasteiger partial charge in [0.25, 0.3) is 17.7 Å². The number of aromatic nitrogens is 2. The van der Waals surface area contributed by atoms with Gasteiger partial charge in [0.2, 0.25) is 0 Å². The molecule has 8 nitrogen and oxygen atoms in total. The number of hydroxylamine groups is 2. The molecule has 0 fully saturated rings. The number of aryl methyl sites for hydroxylation is 2. The van der Waals surface area contributed by atoms with Crippen LogP contribution in [-0.2, 0) is 11.3 Å². The minimum Gasteiger partial charge on any atom is -0.346 e. The van der Waals surface area contributed by atoms with E-state index in [-0.39, 0.29) is 33.6 Å². The van der Waals surface area contributed by atoms with Crippen molar-refractivity contribution in [3.05, 3.63) is 92.2 Å². The summed E-state index contributed by atoms with van der Waals surface area (Å²) in [7, 11) is 0. The zero-order chi connectivity index (χ0) is 24.4. The smallest absolute Gasteiger partial charge is 0.285 e. The quantitative estimate of drug-likeness (QED) is 0.494. The van der Waals surface area contributed by atoms with E-state index in [1.807, 2.05) is 32.0 Å². The molecule has 1 aromatic heterocycles. The number of carbonyl (C=O) groups excluding carboxylic acids is 3. The van der Waals surface area contributed by atoms with Crippen LogP contribution in [0.15, 0.2) is 48.5 Å². The number of nitrogens with one attached hydrogen (secondary N) is 1. The van der Waals surface area contributed by atoms with Crippen molar-refractivity contribution in [3.63, 3.8) is 0 Å². The summed E-state index contributed by atoms with van der Waals surface area (Å²) >= 11 is 11.9. The topological polar surface area (TPSA) is 101 Å². The summed E-state index contributed by atoms with van der Waals surface area (Å²) in [5.74, 6) is -1.64. The third-order valence-corrected chi connectivity index (χ3v) is 5.89. The number of carbonyl (C=O) groups is 3. The van der Waals surface area contributed by atoms with Gasteiger partial charge in [-0.3, -0.25) is 19.2 Å². The SMILES string of the molecule is Cc1ccc(C[C@H](CON2C(=O)c3ccccc3C2=O)NC(=O)c2cc(Cl)nnc2Cl)c(C)c1. The highest BCUT2D eigenvalue weighted by atomic mass is 35.5. The van der Waals surface area contributed by atoms with Crippen LogP contribution >= 0.6 is 23.2 Å². The second kappa shape index (κ2) is 9.89. The van der Waals surface area contributed by atoms with Gasteiger partial charge in [0.05, 0.1) is 29.3 Å². The van der Waals surface area contributed by atoms with E-state index >= 15 is 0 Å². The van der Waals surface area contributed by atoms with Gasteiger partial charge in [-0.05, 0) is 49.6 Å². The summed E-state index contributed by atoms with van der Waals surface area (Å²) in [5, 5.41) is 10.8. The zero-order valence-electron chi connectivity index (χ0n) is 18.3. The Kier molecular flexibility index (Phi) is 6.92. The molecule has 1 aliphatic rings. The molecule has 0 aliphatic carbocycles. The number of hydrogen-bond donors (Lipinski definition) is 1. The van der Waals surface area contributed by atoms with E-state index in [2.05, 4.69) is 15.5 Å². The molecule has 0 spiro atoms. The molecule has 10 heteroatoms. The normalized spacial score (nSPS) is 13.7. The molecule has 1 aliphatic heterocycles. The molecule has 174 valence electrons. The van der Waals surface area contributed by atoms with Gasteiger partial charge in [-0.1, -0.05) is 59.1 Å². The van der Waals surface area contributed by atoms with Gasteiger partial charge in [0.15, 0.2) is 10.3 Å². The predicted octanol–water partition coefficient (Wildman–Crippen LogP) is 3.97. The predicted molar refractivity (Wildman–Crippen MR) is 126 cm³/mol. The highest BCUT2D eigenvalue weighted by molar-refractivity contribution is 6.34. The fourth-order valence-corrected chi connectivity index (χ4v) is 4.04. The second-order valence-corrected chi connectivity index (χ2v) is 8.67. The van der Waals surface area contributed by atoms with Gasteiger partial charge < -0.3 is 5.32 Å². The fourth-order valence-electron chi connectivity index (χ4n) is 3.72. The summed E-state index contributed by atoms with van der Waals surface area (Å²) in [6.45, 7) is 3.81. The molecule has 34 heavy (non-hydrogen) atoms. The number of benzene rings is 2. The third kappa shape index (κ3) is 4.94. The zero-order valence-corrected chi connectivity index (χ0v) is 19.9. The summed E-state index contributed by atoms with van der Waals surface area (Å²) in [6, 6.07) is 13.1. The molecule has 1 N–H and O–H groups in total. The molecule has 2 aromatic carbocycles. The van der Waals surface area contributed by atoms with Crippen LogP contribution in [0.4, 0.5) is 0 Å². The van der Waals surface area contributed by atoms with Crippen LogP contribution in [0.1, 0.15) is 47.8 Å². The Labute approximate surface area is 205 Å². The van der Waals surface area contributed by atoms with Crippen LogP contribution in [0.3, 0.4) is 0 Å². The maximum atomic E-state index is 12.9. The summed E-state index contributed by atoms with van der Waals surface area (Å²) in [5.41, 5.74) is 3.70. The van der Waals surface area contributed by atoms with E-state index in [1.54, 1.807) is 24.3 Å². The Hall–Kier alpha value is -3.33. The Morgan fingerprint density at radius 3 is 2.35 bits per heavy atom. The number of halogens is 2. The van der Waals surface area contributed by atoms with Crippen molar-refractivity contribution in [3.8, 4) is 0 Å². The van der Waals surface area contributed by atoms with Crippen LogP contribution in [0, 0.1) is 13.8 Å². The van der Waals surface area contributed by atoms with Crippen molar-refractivity contribution in [2.75, 3.05) is 6.61 Å². The molecule has 4 rings (SSSR count). The third-order valence-electron chi connectivity index (χ3n) is 5.42. The molecule has 2 heterocycles. The monoisotopic (exact) mass is 498 g/mol. The summed E-state index contributed by atoms with van der Waals surface area (Å²) in [4.78, 5) is 43.8. The Bertz CT molecular complexity index is 1260. The summed E-state index contributed by atoms with van der Waals surface area (Å²) in [6.07, 6.45) is 0.380. The van der Waals surface area contributed by atoms with Gasteiger partial charge in [-0.2, -0.15) is 0 Å². The van der Waals surface area contributed by atoms with E-state index in [0.717, 1.165) is 21.8 Å². The number of nitrogens with zero attached hydrogens (tertiary/aromatic N) is 3. The first-order chi connectivity index (χ1) is 16.2. The fraction of sp³-hybridized carbons (Fsp3) is 0.208. The van der Waals surface area contributed by atoms with Crippen LogP contribution in [0.25, 0.3) is 0 Å². The van der Waals surface area contributed by atoms with E-state index in [4.69, 9.17) is 28.0 Å². The van der Waals surface area contributed by atoms with Gasteiger partial charge in [-0.15, -0.1) is 15.3 Å². The molecule has 0 saturated heterocycles. The molecule has 0 saturated carbocycles. The molecule has 0 unspecified atom stereocenters. The number of amides is 3. The van der Waals surface area contributed by atoms with Gasteiger partial charge in [-0.25, -0.2) is 0 Å². The Balaban J connectivity index is 1.55. The highest BCUT2D eigenvalue weighted by Gasteiger charge is 2.37. The van der Waals surface area contributed by atoms with Crippen molar-refractivity contribution in [2.24, 2.45) is 0 Å². The van der Waals surface area contributed by atoms with E-state index < -0.39 is 23.8 Å². The van der Waals surface area contributed by atoms with E-state index in [0.29, 0.717) is 6.42 Å². The number of fused-ring (bicyclic) bond motifs is 1. The van der Waals surface area contributed by atoms with Crippen LogP contribution in [-0.4, -0.2) is 45.6 Å². The molecular formula is C24H20Cl2N4O4.